The minimum absolute atomic E-state index is 0.0260. The van der Waals surface area contributed by atoms with Gasteiger partial charge in [0, 0.05) is 37.9 Å². The molecule has 98 valence electrons. The van der Waals surface area contributed by atoms with Crippen molar-refractivity contribution in [2.24, 2.45) is 7.05 Å². The SMILES string of the molecule is Cn1cc(/C=C/C(=O)N[C@H](CCO)C(=O)O)cn1. The average molecular weight is 253 g/mol. The number of nitrogens with one attached hydrogen (secondary N) is 1. The summed E-state index contributed by atoms with van der Waals surface area (Å²) in [6.07, 6.45) is 6.02. The number of carbonyl (C=O) groups is 2. The highest BCUT2D eigenvalue weighted by atomic mass is 16.4. The quantitative estimate of drug-likeness (QED) is 0.586. The molecule has 3 N–H and O–H groups in total. The number of nitrogens with zero attached hydrogens (tertiary/aromatic N) is 2. The number of aliphatic carboxylic acids is 1. The van der Waals surface area contributed by atoms with Gasteiger partial charge in [0.2, 0.25) is 5.91 Å². The van der Waals surface area contributed by atoms with Gasteiger partial charge in [0.05, 0.1) is 6.20 Å². The third kappa shape index (κ3) is 4.38. The van der Waals surface area contributed by atoms with E-state index in [1.807, 2.05) is 0 Å². The van der Waals surface area contributed by atoms with Crippen LogP contribution in [0.3, 0.4) is 0 Å². The molecule has 18 heavy (non-hydrogen) atoms. The monoisotopic (exact) mass is 253 g/mol. The van der Waals surface area contributed by atoms with Gasteiger partial charge in [0.1, 0.15) is 6.04 Å². The highest BCUT2D eigenvalue weighted by molar-refractivity contribution is 5.94. The summed E-state index contributed by atoms with van der Waals surface area (Å²) in [5, 5.41) is 23.6. The Morgan fingerprint density at radius 2 is 2.33 bits per heavy atom. The normalized spacial score (nSPS) is 12.6. The minimum atomic E-state index is -1.17. The van der Waals surface area contributed by atoms with Gasteiger partial charge in [-0.1, -0.05) is 0 Å². The van der Waals surface area contributed by atoms with Crippen LogP contribution in [0.2, 0.25) is 0 Å². The Labute approximate surface area is 104 Å². The summed E-state index contributed by atoms with van der Waals surface area (Å²) in [5.74, 6) is -1.70. The molecular weight excluding hydrogens is 238 g/mol. The zero-order chi connectivity index (χ0) is 13.5. The van der Waals surface area contributed by atoms with Gasteiger partial charge in [0.15, 0.2) is 0 Å². The van der Waals surface area contributed by atoms with Crippen LogP contribution < -0.4 is 5.32 Å². The molecule has 1 atom stereocenters. The molecule has 1 amide bonds. The maximum atomic E-state index is 11.4. The third-order valence-electron chi connectivity index (χ3n) is 2.18. The average Bonchev–Trinajstić information content (AvgIpc) is 2.72. The smallest absolute Gasteiger partial charge is 0.326 e. The Hall–Kier alpha value is -2.15. The van der Waals surface area contributed by atoms with Gasteiger partial charge < -0.3 is 15.5 Å². The van der Waals surface area contributed by atoms with E-state index in [1.54, 1.807) is 24.1 Å². The lowest BCUT2D eigenvalue weighted by molar-refractivity contribution is -0.141. The first-order chi connectivity index (χ1) is 8.52. The van der Waals surface area contributed by atoms with Crippen LogP contribution in [0.1, 0.15) is 12.0 Å². The predicted octanol–water partition coefficient (Wildman–Crippen LogP) is -0.615. The third-order valence-corrected chi connectivity index (χ3v) is 2.18. The van der Waals surface area contributed by atoms with E-state index < -0.39 is 17.9 Å². The van der Waals surface area contributed by atoms with Crippen LogP contribution in [-0.2, 0) is 16.6 Å². The number of amides is 1. The molecule has 0 aliphatic rings. The molecule has 0 saturated heterocycles. The molecule has 0 aliphatic heterocycles. The van der Waals surface area contributed by atoms with Crippen molar-refractivity contribution in [1.82, 2.24) is 15.1 Å². The summed E-state index contributed by atoms with van der Waals surface area (Å²) in [4.78, 5) is 22.2. The summed E-state index contributed by atoms with van der Waals surface area (Å²) >= 11 is 0. The van der Waals surface area contributed by atoms with Crippen molar-refractivity contribution in [3.63, 3.8) is 0 Å². The summed E-state index contributed by atoms with van der Waals surface area (Å²) < 4.78 is 1.59. The molecule has 0 saturated carbocycles. The molecule has 1 rings (SSSR count). The topological polar surface area (TPSA) is 104 Å². The van der Waals surface area contributed by atoms with E-state index in [2.05, 4.69) is 10.4 Å². The summed E-state index contributed by atoms with van der Waals surface area (Å²) in [6.45, 7) is -0.302. The number of hydrogen-bond donors (Lipinski definition) is 3. The fraction of sp³-hybridized carbons (Fsp3) is 0.364. The molecule has 0 aliphatic carbocycles. The van der Waals surface area contributed by atoms with Crippen molar-refractivity contribution in [2.75, 3.05) is 6.61 Å². The van der Waals surface area contributed by atoms with Gasteiger partial charge in [0.25, 0.3) is 0 Å². The number of rotatable bonds is 6. The first-order valence-corrected chi connectivity index (χ1v) is 5.34. The highest BCUT2D eigenvalue weighted by Crippen LogP contribution is 1.99. The summed E-state index contributed by atoms with van der Waals surface area (Å²) in [7, 11) is 1.75. The van der Waals surface area contributed by atoms with E-state index in [4.69, 9.17) is 10.2 Å². The Morgan fingerprint density at radius 3 is 2.83 bits per heavy atom. The Bertz CT molecular complexity index is 453. The molecule has 0 spiro atoms. The lowest BCUT2D eigenvalue weighted by Gasteiger charge is -2.10. The molecule has 0 radical (unpaired) electrons. The molecule has 7 nitrogen and oxygen atoms in total. The van der Waals surface area contributed by atoms with Gasteiger partial charge in [-0.25, -0.2) is 4.79 Å². The van der Waals surface area contributed by atoms with E-state index in [-0.39, 0.29) is 13.0 Å². The molecule has 1 aromatic heterocycles. The van der Waals surface area contributed by atoms with Gasteiger partial charge in [-0.2, -0.15) is 5.10 Å². The van der Waals surface area contributed by atoms with Gasteiger partial charge in [-0.15, -0.1) is 0 Å². The van der Waals surface area contributed by atoms with Crippen LogP contribution in [0, 0.1) is 0 Å². The van der Waals surface area contributed by atoms with E-state index in [0.717, 1.165) is 5.56 Å². The first kappa shape index (κ1) is 13.9. The second kappa shape index (κ2) is 6.55. The standard InChI is InChI=1S/C11H15N3O4/c1-14-7-8(6-12-14)2-3-10(16)13-9(4-5-15)11(17)18/h2-3,6-7,9,15H,4-5H2,1H3,(H,13,16)(H,17,18)/b3-2+/t9-/m1/s1. The van der Waals surface area contributed by atoms with E-state index in [1.165, 1.54) is 12.2 Å². The van der Waals surface area contributed by atoms with Crippen molar-refractivity contribution in [2.45, 2.75) is 12.5 Å². The number of aromatic nitrogens is 2. The van der Waals surface area contributed by atoms with Crippen LogP contribution in [0.25, 0.3) is 6.08 Å². The van der Waals surface area contributed by atoms with Gasteiger partial charge in [-0.3, -0.25) is 9.48 Å². The number of carboxylic acids is 1. The molecule has 0 unspecified atom stereocenters. The van der Waals surface area contributed by atoms with Crippen LogP contribution in [0.15, 0.2) is 18.5 Å². The number of carbonyl (C=O) groups excluding carboxylic acids is 1. The van der Waals surface area contributed by atoms with E-state index >= 15 is 0 Å². The molecule has 1 aromatic rings. The van der Waals surface area contributed by atoms with Crippen molar-refractivity contribution in [3.05, 3.63) is 24.0 Å². The molecule has 7 heteroatoms. The van der Waals surface area contributed by atoms with Gasteiger partial charge in [-0.05, 0) is 6.08 Å². The molecule has 0 bridgehead atoms. The second-order valence-electron chi connectivity index (χ2n) is 3.69. The Balaban J connectivity index is 2.54. The lowest BCUT2D eigenvalue weighted by Crippen LogP contribution is -2.40. The zero-order valence-corrected chi connectivity index (χ0v) is 9.91. The van der Waals surface area contributed by atoms with Crippen molar-refractivity contribution in [3.8, 4) is 0 Å². The fourth-order valence-corrected chi connectivity index (χ4v) is 1.30. The first-order valence-electron chi connectivity index (χ1n) is 5.34. The predicted molar refractivity (Wildman–Crippen MR) is 63.5 cm³/mol. The Morgan fingerprint density at radius 1 is 1.61 bits per heavy atom. The number of hydrogen-bond acceptors (Lipinski definition) is 4. The molecule has 1 heterocycles. The van der Waals surface area contributed by atoms with Gasteiger partial charge >= 0.3 is 5.97 Å². The number of aliphatic hydroxyl groups excluding tert-OH is 1. The summed E-state index contributed by atoms with van der Waals surface area (Å²) in [6, 6.07) is -1.08. The largest absolute Gasteiger partial charge is 0.480 e. The summed E-state index contributed by atoms with van der Waals surface area (Å²) in [5.41, 5.74) is 0.738. The maximum Gasteiger partial charge on any atom is 0.326 e. The number of carboxylic acid groups (broad SMARTS) is 1. The Kier molecular flexibility index (Phi) is 5.06. The van der Waals surface area contributed by atoms with Crippen LogP contribution in [-0.4, -0.2) is 44.5 Å². The van der Waals surface area contributed by atoms with Crippen molar-refractivity contribution in [1.29, 1.82) is 0 Å². The van der Waals surface area contributed by atoms with Crippen LogP contribution in [0.5, 0.6) is 0 Å². The molecule has 0 aromatic carbocycles. The van der Waals surface area contributed by atoms with Crippen LogP contribution >= 0.6 is 0 Å². The highest BCUT2D eigenvalue weighted by Gasteiger charge is 2.17. The van der Waals surface area contributed by atoms with E-state index in [0.29, 0.717) is 0 Å². The van der Waals surface area contributed by atoms with Crippen molar-refractivity contribution >= 4 is 18.0 Å². The van der Waals surface area contributed by atoms with Crippen molar-refractivity contribution < 1.29 is 19.8 Å². The number of aliphatic hydroxyl groups is 1. The number of aryl methyl sites for hydroxylation is 1. The second-order valence-corrected chi connectivity index (χ2v) is 3.69. The van der Waals surface area contributed by atoms with E-state index in [9.17, 15) is 9.59 Å². The molecule has 0 fully saturated rings. The molecular formula is C11H15N3O4. The minimum Gasteiger partial charge on any atom is -0.480 e. The zero-order valence-electron chi connectivity index (χ0n) is 9.91. The fourth-order valence-electron chi connectivity index (χ4n) is 1.30. The maximum absolute atomic E-state index is 11.4. The lowest BCUT2D eigenvalue weighted by atomic mass is 10.2. The van der Waals surface area contributed by atoms with Crippen LogP contribution in [0.4, 0.5) is 0 Å².